The maximum atomic E-state index is 5.09. The molecular weight excluding hydrogens is 190 g/mol. The van der Waals surface area contributed by atoms with Crippen molar-refractivity contribution in [2.24, 2.45) is 0 Å². The van der Waals surface area contributed by atoms with Gasteiger partial charge in [-0.2, -0.15) is 0 Å². The molecule has 78 valence electrons. The second kappa shape index (κ2) is 3.81. The highest BCUT2D eigenvalue weighted by molar-refractivity contribution is 5.62. The lowest BCUT2D eigenvalue weighted by Crippen LogP contribution is -1.92. The van der Waals surface area contributed by atoms with E-state index in [0.29, 0.717) is 0 Å². The van der Waals surface area contributed by atoms with Crippen LogP contribution >= 0.6 is 0 Å². The van der Waals surface area contributed by atoms with Gasteiger partial charge in [-0.05, 0) is 20.3 Å². The predicted molar refractivity (Wildman–Crippen MR) is 56.4 cm³/mol. The Balaban J connectivity index is 2.45. The molecule has 0 amide bonds. The second-order valence-corrected chi connectivity index (χ2v) is 3.45. The van der Waals surface area contributed by atoms with E-state index in [9.17, 15) is 0 Å². The van der Waals surface area contributed by atoms with Gasteiger partial charge in [0.1, 0.15) is 5.76 Å². The molecule has 0 aliphatic carbocycles. The molecule has 2 rings (SSSR count). The fraction of sp³-hybridized carbons (Fsp3) is 0.364. The molecule has 0 atom stereocenters. The van der Waals surface area contributed by atoms with E-state index in [1.165, 1.54) is 0 Å². The highest BCUT2D eigenvalue weighted by Gasteiger charge is 2.12. The van der Waals surface area contributed by atoms with Crippen molar-refractivity contribution in [3.05, 3.63) is 29.5 Å². The molecule has 15 heavy (non-hydrogen) atoms. The summed E-state index contributed by atoms with van der Waals surface area (Å²) in [6.45, 7) is 5.84. The van der Waals surface area contributed by atoms with Gasteiger partial charge in [-0.1, -0.05) is 12.1 Å². The van der Waals surface area contributed by atoms with Crippen LogP contribution in [0.4, 0.5) is 0 Å². The van der Waals surface area contributed by atoms with E-state index in [0.717, 1.165) is 34.8 Å². The summed E-state index contributed by atoms with van der Waals surface area (Å²) in [5.41, 5.74) is 3.62. The van der Waals surface area contributed by atoms with Crippen LogP contribution in [0.25, 0.3) is 11.3 Å². The van der Waals surface area contributed by atoms with Gasteiger partial charge in [0.2, 0.25) is 0 Å². The number of hydrogen-bond donors (Lipinski definition) is 0. The summed E-state index contributed by atoms with van der Waals surface area (Å²) in [4.78, 5) is 8.65. The normalized spacial score (nSPS) is 10.6. The smallest absolute Gasteiger partial charge is 0.143 e. The van der Waals surface area contributed by atoms with Gasteiger partial charge in [-0.3, -0.25) is 9.97 Å². The van der Waals surface area contributed by atoms with E-state index < -0.39 is 0 Å². The van der Waals surface area contributed by atoms with Crippen molar-refractivity contribution >= 4 is 0 Å². The van der Waals surface area contributed by atoms with Crippen LogP contribution in [0.2, 0.25) is 0 Å². The molecule has 0 aromatic carbocycles. The molecule has 0 bridgehead atoms. The fourth-order valence-electron chi connectivity index (χ4n) is 1.52. The zero-order valence-electron chi connectivity index (χ0n) is 9.11. The van der Waals surface area contributed by atoms with Crippen molar-refractivity contribution in [1.82, 2.24) is 15.1 Å². The first-order valence-corrected chi connectivity index (χ1v) is 4.96. The fourth-order valence-corrected chi connectivity index (χ4v) is 1.52. The van der Waals surface area contributed by atoms with Crippen LogP contribution < -0.4 is 0 Å². The Kier molecular flexibility index (Phi) is 2.49. The SMILES string of the molecule is CCc1cnc(-c2c(C)noc2C)cn1. The number of rotatable bonds is 2. The molecule has 2 heterocycles. The summed E-state index contributed by atoms with van der Waals surface area (Å²) in [6.07, 6.45) is 4.46. The van der Waals surface area contributed by atoms with Gasteiger partial charge in [0, 0.05) is 6.20 Å². The maximum Gasteiger partial charge on any atom is 0.143 e. The first-order chi connectivity index (χ1) is 7.22. The van der Waals surface area contributed by atoms with Crippen molar-refractivity contribution in [2.75, 3.05) is 0 Å². The topological polar surface area (TPSA) is 51.8 Å². The Labute approximate surface area is 88.4 Å². The lowest BCUT2D eigenvalue weighted by Gasteiger charge is -1.99. The number of aromatic nitrogens is 3. The molecule has 4 heteroatoms. The molecule has 2 aromatic rings. The van der Waals surface area contributed by atoms with Crippen molar-refractivity contribution < 1.29 is 4.52 Å². The Bertz CT molecular complexity index is 440. The quantitative estimate of drug-likeness (QED) is 0.751. The average molecular weight is 203 g/mol. The van der Waals surface area contributed by atoms with E-state index in [4.69, 9.17) is 4.52 Å². The third-order valence-corrected chi connectivity index (χ3v) is 2.36. The van der Waals surface area contributed by atoms with E-state index >= 15 is 0 Å². The summed E-state index contributed by atoms with van der Waals surface area (Å²) in [6, 6.07) is 0. The molecule has 2 aromatic heterocycles. The van der Waals surface area contributed by atoms with Crippen LogP contribution in [-0.2, 0) is 6.42 Å². The first kappa shape index (κ1) is 9.83. The summed E-state index contributed by atoms with van der Waals surface area (Å²) in [5.74, 6) is 0.783. The van der Waals surface area contributed by atoms with Gasteiger partial charge >= 0.3 is 0 Å². The molecular formula is C11H13N3O. The molecule has 0 N–H and O–H groups in total. The summed E-state index contributed by atoms with van der Waals surface area (Å²) in [7, 11) is 0. The monoisotopic (exact) mass is 203 g/mol. The predicted octanol–water partition coefficient (Wildman–Crippen LogP) is 2.31. The molecule has 0 fully saturated rings. The van der Waals surface area contributed by atoms with Gasteiger partial charge in [-0.25, -0.2) is 0 Å². The number of aryl methyl sites for hydroxylation is 3. The Morgan fingerprint density at radius 1 is 1.20 bits per heavy atom. The highest BCUT2D eigenvalue weighted by Crippen LogP contribution is 2.23. The van der Waals surface area contributed by atoms with E-state index in [2.05, 4.69) is 22.0 Å². The van der Waals surface area contributed by atoms with Gasteiger partial charge in [0.25, 0.3) is 0 Å². The van der Waals surface area contributed by atoms with E-state index in [1.807, 2.05) is 13.8 Å². The molecule has 0 saturated heterocycles. The Morgan fingerprint density at radius 3 is 2.47 bits per heavy atom. The van der Waals surface area contributed by atoms with E-state index in [1.54, 1.807) is 12.4 Å². The third-order valence-electron chi connectivity index (χ3n) is 2.36. The van der Waals surface area contributed by atoms with E-state index in [-0.39, 0.29) is 0 Å². The van der Waals surface area contributed by atoms with Crippen LogP contribution in [-0.4, -0.2) is 15.1 Å². The first-order valence-electron chi connectivity index (χ1n) is 4.96. The largest absolute Gasteiger partial charge is 0.361 e. The molecule has 0 unspecified atom stereocenters. The maximum absolute atomic E-state index is 5.09. The summed E-state index contributed by atoms with van der Waals surface area (Å²) >= 11 is 0. The van der Waals surface area contributed by atoms with Crippen LogP contribution in [0.1, 0.15) is 24.1 Å². The van der Waals surface area contributed by atoms with Crippen LogP contribution in [0.5, 0.6) is 0 Å². The minimum absolute atomic E-state index is 0.783. The van der Waals surface area contributed by atoms with Gasteiger partial charge in [0.15, 0.2) is 0 Å². The minimum Gasteiger partial charge on any atom is -0.361 e. The minimum atomic E-state index is 0.783. The van der Waals surface area contributed by atoms with Crippen molar-refractivity contribution in [3.63, 3.8) is 0 Å². The zero-order valence-corrected chi connectivity index (χ0v) is 9.11. The molecule has 0 radical (unpaired) electrons. The highest BCUT2D eigenvalue weighted by atomic mass is 16.5. The second-order valence-electron chi connectivity index (χ2n) is 3.45. The lowest BCUT2D eigenvalue weighted by molar-refractivity contribution is 0.393. The molecule has 0 saturated carbocycles. The van der Waals surface area contributed by atoms with Crippen LogP contribution in [0, 0.1) is 13.8 Å². The molecule has 0 aliphatic rings. The van der Waals surface area contributed by atoms with Gasteiger partial charge in [-0.15, -0.1) is 0 Å². The average Bonchev–Trinajstić information content (AvgIpc) is 2.59. The number of nitrogens with zero attached hydrogens (tertiary/aromatic N) is 3. The Morgan fingerprint density at radius 2 is 2.00 bits per heavy atom. The van der Waals surface area contributed by atoms with Crippen molar-refractivity contribution in [2.45, 2.75) is 27.2 Å². The van der Waals surface area contributed by atoms with Crippen LogP contribution in [0.3, 0.4) is 0 Å². The molecule has 4 nitrogen and oxygen atoms in total. The summed E-state index contributed by atoms with van der Waals surface area (Å²) in [5, 5.41) is 3.89. The molecule has 0 aliphatic heterocycles. The lowest BCUT2D eigenvalue weighted by atomic mass is 10.1. The van der Waals surface area contributed by atoms with Gasteiger partial charge < -0.3 is 4.52 Å². The van der Waals surface area contributed by atoms with Crippen LogP contribution in [0.15, 0.2) is 16.9 Å². The molecule has 0 spiro atoms. The number of hydrogen-bond acceptors (Lipinski definition) is 4. The Hall–Kier alpha value is -1.71. The van der Waals surface area contributed by atoms with Crippen molar-refractivity contribution in [3.8, 4) is 11.3 Å². The van der Waals surface area contributed by atoms with Gasteiger partial charge in [0.05, 0.1) is 28.8 Å². The van der Waals surface area contributed by atoms with Crippen molar-refractivity contribution in [1.29, 1.82) is 0 Å². The summed E-state index contributed by atoms with van der Waals surface area (Å²) < 4.78 is 5.09. The standard InChI is InChI=1S/C11H13N3O/c1-4-9-5-13-10(6-12-9)11-7(2)14-15-8(11)3/h5-6H,4H2,1-3H3. The third kappa shape index (κ3) is 1.75. The zero-order chi connectivity index (χ0) is 10.8.